The van der Waals surface area contributed by atoms with Gasteiger partial charge >= 0.3 is 0 Å². The number of likely N-dealkylation sites (N-methyl/N-ethyl adjacent to an activating group) is 1. The summed E-state index contributed by atoms with van der Waals surface area (Å²) in [4.78, 5) is 14.6. The highest BCUT2D eigenvalue weighted by molar-refractivity contribution is 5.94. The number of amides is 1. The molecule has 1 fully saturated rings. The molecule has 0 aliphatic carbocycles. The Morgan fingerprint density at radius 1 is 1.33 bits per heavy atom. The van der Waals surface area contributed by atoms with Crippen LogP contribution < -0.4 is 10.6 Å². The average molecular weight is 291 g/mol. The molecule has 1 saturated heterocycles. The van der Waals surface area contributed by atoms with E-state index in [1.807, 2.05) is 45.3 Å². The van der Waals surface area contributed by atoms with Crippen molar-refractivity contribution in [3.63, 3.8) is 0 Å². The zero-order chi connectivity index (χ0) is 15.2. The number of para-hydroxylation sites is 1. The zero-order valence-corrected chi connectivity index (χ0v) is 13.1. The standard InChI is InChI=1S/C16H25N3O2/c1-4-17-15-11-21-10-13(15)16(20)18-14-8-6-5-7-12(14)9-19(2)3/h5-8,13,15,17H,4,9-11H2,1-3H3,(H,18,20). The summed E-state index contributed by atoms with van der Waals surface area (Å²) in [6.07, 6.45) is 0. The van der Waals surface area contributed by atoms with E-state index in [-0.39, 0.29) is 17.9 Å². The van der Waals surface area contributed by atoms with Gasteiger partial charge in [-0.2, -0.15) is 0 Å². The number of rotatable bonds is 6. The minimum atomic E-state index is -0.127. The zero-order valence-electron chi connectivity index (χ0n) is 13.1. The van der Waals surface area contributed by atoms with E-state index in [1.54, 1.807) is 0 Å². The molecule has 1 amide bonds. The molecule has 2 N–H and O–H groups in total. The minimum Gasteiger partial charge on any atom is -0.379 e. The lowest BCUT2D eigenvalue weighted by Gasteiger charge is -2.20. The number of hydrogen-bond acceptors (Lipinski definition) is 4. The lowest BCUT2D eigenvalue weighted by atomic mass is 10.0. The van der Waals surface area contributed by atoms with Crippen LogP contribution in [-0.2, 0) is 16.1 Å². The van der Waals surface area contributed by atoms with Gasteiger partial charge in [-0.05, 0) is 32.3 Å². The summed E-state index contributed by atoms with van der Waals surface area (Å²) >= 11 is 0. The second-order valence-corrected chi connectivity index (χ2v) is 5.69. The van der Waals surface area contributed by atoms with E-state index in [2.05, 4.69) is 15.5 Å². The maximum absolute atomic E-state index is 12.5. The number of carbonyl (C=O) groups excluding carboxylic acids is 1. The Morgan fingerprint density at radius 3 is 2.81 bits per heavy atom. The topological polar surface area (TPSA) is 53.6 Å². The van der Waals surface area contributed by atoms with Gasteiger partial charge in [-0.1, -0.05) is 25.1 Å². The summed E-state index contributed by atoms with van der Waals surface area (Å²) in [5, 5.41) is 6.37. The molecule has 2 atom stereocenters. The van der Waals surface area contributed by atoms with Crippen LogP contribution in [0.15, 0.2) is 24.3 Å². The van der Waals surface area contributed by atoms with E-state index < -0.39 is 0 Å². The van der Waals surface area contributed by atoms with E-state index in [9.17, 15) is 4.79 Å². The fourth-order valence-electron chi connectivity index (χ4n) is 2.62. The molecule has 2 rings (SSSR count). The van der Waals surface area contributed by atoms with Gasteiger partial charge in [0, 0.05) is 18.3 Å². The molecular weight excluding hydrogens is 266 g/mol. The Labute approximate surface area is 126 Å². The van der Waals surface area contributed by atoms with Crippen LogP contribution in [0, 0.1) is 5.92 Å². The van der Waals surface area contributed by atoms with Gasteiger partial charge in [0.05, 0.1) is 19.1 Å². The fraction of sp³-hybridized carbons (Fsp3) is 0.562. The SMILES string of the molecule is CCNC1COCC1C(=O)Nc1ccccc1CN(C)C. The first-order valence-corrected chi connectivity index (χ1v) is 7.46. The summed E-state index contributed by atoms with van der Waals surface area (Å²) in [6.45, 7) is 4.77. The van der Waals surface area contributed by atoms with Crippen LogP contribution >= 0.6 is 0 Å². The smallest absolute Gasteiger partial charge is 0.231 e. The molecule has 0 radical (unpaired) electrons. The first-order valence-electron chi connectivity index (χ1n) is 7.46. The monoisotopic (exact) mass is 291 g/mol. The Bertz CT molecular complexity index is 476. The molecule has 0 bridgehead atoms. The number of nitrogens with one attached hydrogen (secondary N) is 2. The highest BCUT2D eigenvalue weighted by Crippen LogP contribution is 2.20. The predicted octanol–water partition coefficient (Wildman–Crippen LogP) is 1.31. The van der Waals surface area contributed by atoms with Crippen LogP contribution in [0.5, 0.6) is 0 Å². The molecule has 0 saturated carbocycles. The molecular formula is C16H25N3O2. The molecule has 5 nitrogen and oxygen atoms in total. The molecule has 1 aromatic rings. The molecule has 1 aliphatic rings. The van der Waals surface area contributed by atoms with Crippen LogP contribution in [0.25, 0.3) is 0 Å². The van der Waals surface area contributed by atoms with Gasteiger partial charge in [-0.25, -0.2) is 0 Å². The van der Waals surface area contributed by atoms with E-state index >= 15 is 0 Å². The largest absolute Gasteiger partial charge is 0.379 e. The first kappa shape index (κ1) is 15.9. The van der Waals surface area contributed by atoms with E-state index in [1.165, 1.54) is 0 Å². The molecule has 0 spiro atoms. The summed E-state index contributed by atoms with van der Waals surface area (Å²) in [5.74, 6) is -0.0954. The lowest BCUT2D eigenvalue weighted by molar-refractivity contribution is -0.120. The van der Waals surface area contributed by atoms with Crippen molar-refractivity contribution in [1.29, 1.82) is 0 Å². The van der Waals surface area contributed by atoms with Crippen LogP contribution in [0.2, 0.25) is 0 Å². The summed E-state index contributed by atoms with van der Waals surface area (Å²) in [7, 11) is 4.04. The van der Waals surface area contributed by atoms with Crippen molar-refractivity contribution in [1.82, 2.24) is 10.2 Å². The maximum Gasteiger partial charge on any atom is 0.231 e. The molecule has 21 heavy (non-hydrogen) atoms. The van der Waals surface area contributed by atoms with Gasteiger partial charge in [-0.15, -0.1) is 0 Å². The van der Waals surface area contributed by atoms with Crippen LogP contribution in [0.3, 0.4) is 0 Å². The number of benzene rings is 1. The third kappa shape index (κ3) is 4.27. The Kier molecular flexibility index (Phi) is 5.73. The average Bonchev–Trinajstić information content (AvgIpc) is 2.89. The van der Waals surface area contributed by atoms with Gasteiger partial charge in [0.15, 0.2) is 0 Å². The van der Waals surface area contributed by atoms with Crippen molar-refractivity contribution >= 4 is 11.6 Å². The number of carbonyl (C=O) groups is 1. The van der Waals surface area contributed by atoms with Crippen LogP contribution in [0.4, 0.5) is 5.69 Å². The van der Waals surface area contributed by atoms with Crippen molar-refractivity contribution < 1.29 is 9.53 Å². The third-order valence-electron chi connectivity index (χ3n) is 3.65. The van der Waals surface area contributed by atoms with Crippen molar-refractivity contribution in [3.8, 4) is 0 Å². The summed E-state index contributed by atoms with van der Waals surface area (Å²) in [6, 6.07) is 8.05. The molecule has 0 aromatic heterocycles. The molecule has 116 valence electrons. The van der Waals surface area contributed by atoms with Crippen LogP contribution in [0.1, 0.15) is 12.5 Å². The second-order valence-electron chi connectivity index (χ2n) is 5.69. The van der Waals surface area contributed by atoms with Gasteiger partial charge in [-0.3, -0.25) is 4.79 Å². The van der Waals surface area contributed by atoms with E-state index in [4.69, 9.17) is 4.74 Å². The normalized spacial score (nSPS) is 21.7. The molecule has 2 unspecified atom stereocenters. The number of nitrogens with zero attached hydrogens (tertiary/aromatic N) is 1. The van der Waals surface area contributed by atoms with Crippen molar-refractivity contribution in [2.24, 2.45) is 5.92 Å². The van der Waals surface area contributed by atoms with Crippen molar-refractivity contribution in [2.45, 2.75) is 19.5 Å². The molecule has 1 aromatic carbocycles. The van der Waals surface area contributed by atoms with Crippen molar-refractivity contribution in [2.75, 3.05) is 39.2 Å². The maximum atomic E-state index is 12.5. The highest BCUT2D eigenvalue weighted by Gasteiger charge is 2.33. The lowest BCUT2D eigenvalue weighted by Crippen LogP contribution is -2.41. The molecule has 5 heteroatoms. The number of anilines is 1. The van der Waals surface area contributed by atoms with E-state index in [0.717, 1.165) is 24.3 Å². The minimum absolute atomic E-state index is 0.0321. The summed E-state index contributed by atoms with van der Waals surface area (Å²) in [5.41, 5.74) is 2.01. The fourth-order valence-corrected chi connectivity index (χ4v) is 2.62. The van der Waals surface area contributed by atoms with E-state index in [0.29, 0.717) is 13.2 Å². The molecule has 1 heterocycles. The van der Waals surface area contributed by atoms with Gasteiger partial charge in [0.25, 0.3) is 0 Å². The Hall–Kier alpha value is -1.43. The quantitative estimate of drug-likeness (QED) is 0.830. The number of ether oxygens (including phenoxy) is 1. The predicted molar refractivity (Wildman–Crippen MR) is 84.2 cm³/mol. The van der Waals surface area contributed by atoms with Crippen LogP contribution in [-0.4, -0.2) is 50.7 Å². The van der Waals surface area contributed by atoms with Gasteiger partial charge in [0.2, 0.25) is 5.91 Å². The molecule has 1 aliphatic heterocycles. The highest BCUT2D eigenvalue weighted by atomic mass is 16.5. The Balaban J connectivity index is 2.05. The summed E-state index contributed by atoms with van der Waals surface area (Å²) < 4.78 is 5.44. The Morgan fingerprint density at radius 2 is 2.10 bits per heavy atom. The van der Waals surface area contributed by atoms with Crippen molar-refractivity contribution in [3.05, 3.63) is 29.8 Å². The van der Waals surface area contributed by atoms with Gasteiger partial charge < -0.3 is 20.3 Å². The first-order chi connectivity index (χ1) is 10.1. The second kappa shape index (κ2) is 7.54. The number of hydrogen-bond donors (Lipinski definition) is 2. The van der Waals surface area contributed by atoms with Gasteiger partial charge in [0.1, 0.15) is 0 Å². The third-order valence-corrected chi connectivity index (χ3v) is 3.65.